The Balaban J connectivity index is 1.00. The zero-order valence-corrected chi connectivity index (χ0v) is 22.9. The Kier molecular flexibility index (Phi) is 8.61. The van der Waals surface area contributed by atoms with Crippen LogP contribution in [0.5, 0.6) is 17.2 Å². The topological polar surface area (TPSA) is 146 Å². The second kappa shape index (κ2) is 11.7. The molecule has 3 heterocycles. The normalized spacial score (nSPS) is 36.1. The summed E-state index contributed by atoms with van der Waals surface area (Å²) in [6, 6.07) is 3.95. The summed E-state index contributed by atoms with van der Waals surface area (Å²) < 4.78 is 40.6. The minimum absolute atomic E-state index is 0.0913. The Morgan fingerprint density at radius 1 is 0.872 bits per heavy atom. The molecule has 0 spiro atoms. The van der Waals surface area contributed by atoms with Gasteiger partial charge in [-0.3, -0.25) is 0 Å². The second-order valence-electron chi connectivity index (χ2n) is 11.7. The Bertz CT molecular complexity index is 967. The highest BCUT2D eigenvalue weighted by molar-refractivity contribution is 5.56. The van der Waals surface area contributed by atoms with E-state index in [2.05, 4.69) is 20.8 Å². The van der Waals surface area contributed by atoms with Crippen molar-refractivity contribution in [2.24, 2.45) is 5.92 Å². The number of hydrogen-bond donors (Lipinski definition) is 4. The van der Waals surface area contributed by atoms with Gasteiger partial charge in [0, 0.05) is 29.5 Å². The summed E-state index contributed by atoms with van der Waals surface area (Å²) in [5.41, 5.74) is 0.822. The van der Waals surface area contributed by atoms with Crippen molar-refractivity contribution < 1.29 is 53.6 Å². The van der Waals surface area contributed by atoms with E-state index in [4.69, 9.17) is 33.2 Å². The molecule has 5 rings (SSSR count). The van der Waals surface area contributed by atoms with Crippen LogP contribution in [0.25, 0.3) is 0 Å². The average molecular weight is 555 g/mol. The third-order valence-electron chi connectivity index (χ3n) is 8.42. The van der Waals surface area contributed by atoms with Gasteiger partial charge in [-0.2, -0.15) is 0 Å². The van der Waals surface area contributed by atoms with E-state index in [-0.39, 0.29) is 24.4 Å². The molecule has 2 bridgehead atoms. The van der Waals surface area contributed by atoms with Crippen LogP contribution in [0.4, 0.5) is 0 Å². The maximum atomic E-state index is 9.96. The van der Waals surface area contributed by atoms with Crippen LogP contribution in [-0.2, 0) is 18.9 Å². The fourth-order valence-electron chi connectivity index (χ4n) is 6.39. The fraction of sp³-hybridized carbons (Fsp3) is 0.786. The summed E-state index contributed by atoms with van der Waals surface area (Å²) in [5, 5.41) is 38.8. The van der Waals surface area contributed by atoms with Crippen LogP contribution in [0.15, 0.2) is 12.1 Å². The van der Waals surface area contributed by atoms with Gasteiger partial charge in [-0.25, -0.2) is 0 Å². The molecule has 0 amide bonds. The zero-order valence-electron chi connectivity index (χ0n) is 22.9. The molecule has 1 saturated heterocycles. The summed E-state index contributed by atoms with van der Waals surface area (Å²) in [7, 11) is 0. The number of hydrogen-bond acceptors (Lipinski definition) is 11. The quantitative estimate of drug-likeness (QED) is 0.276. The standard InChI is InChI=1S/C28H42O11/c1-27(2)18-4-5-28(3)14-17(18)22-19(38-27)12-16(13-20(22)39-28)35-10-8-33-6-7-34-9-11-36-26-25(32)24(31)23(30)21(15-29)37-26/h12-13,17-18,21,23-26,29-32H,4-11,14-15H2,1-3H3/t17?,18?,21-,23-,24+,25+,26-,28?/m1/s1. The summed E-state index contributed by atoms with van der Waals surface area (Å²) >= 11 is 0. The highest BCUT2D eigenvalue weighted by atomic mass is 16.7. The number of aliphatic hydroxyl groups excluding tert-OH is 4. The molecule has 3 unspecified atom stereocenters. The van der Waals surface area contributed by atoms with Crippen LogP contribution in [0.1, 0.15) is 51.5 Å². The van der Waals surface area contributed by atoms with Crippen molar-refractivity contribution in [3.63, 3.8) is 0 Å². The lowest BCUT2D eigenvalue weighted by molar-refractivity contribution is -0.302. The molecule has 220 valence electrons. The number of rotatable bonds is 12. The number of aliphatic hydroxyl groups is 4. The van der Waals surface area contributed by atoms with Crippen molar-refractivity contribution >= 4 is 0 Å². The zero-order chi connectivity index (χ0) is 27.8. The molecular formula is C28H42O11. The van der Waals surface area contributed by atoms with Crippen LogP contribution < -0.4 is 14.2 Å². The van der Waals surface area contributed by atoms with Crippen LogP contribution in [-0.4, -0.2) is 109 Å². The van der Waals surface area contributed by atoms with Crippen molar-refractivity contribution in [1.29, 1.82) is 0 Å². The van der Waals surface area contributed by atoms with Gasteiger partial charge >= 0.3 is 0 Å². The smallest absolute Gasteiger partial charge is 0.186 e. The van der Waals surface area contributed by atoms with Crippen LogP contribution in [0, 0.1) is 5.92 Å². The van der Waals surface area contributed by atoms with E-state index < -0.39 is 37.3 Å². The molecule has 39 heavy (non-hydrogen) atoms. The molecule has 11 heteroatoms. The van der Waals surface area contributed by atoms with E-state index in [1.807, 2.05) is 12.1 Å². The van der Waals surface area contributed by atoms with E-state index in [0.29, 0.717) is 44.0 Å². The second-order valence-corrected chi connectivity index (χ2v) is 11.7. The van der Waals surface area contributed by atoms with Gasteiger partial charge in [0.1, 0.15) is 59.5 Å². The minimum Gasteiger partial charge on any atom is -0.491 e. The van der Waals surface area contributed by atoms with Gasteiger partial charge in [-0.05, 0) is 40.0 Å². The van der Waals surface area contributed by atoms with E-state index in [0.717, 1.165) is 30.8 Å². The third-order valence-corrected chi connectivity index (χ3v) is 8.42. The first kappa shape index (κ1) is 28.8. The maximum absolute atomic E-state index is 9.96. The van der Waals surface area contributed by atoms with Crippen molar-refractivity contribution in [1.82, 2.24) is 0 Å². The molecule has 1 aliphatic carbocycles. The first-order valence-corrected chi connectivity index (χ1v) is 13.9. The van der Waals surface area contributed by atoms with Gasteiger partial charge in [0.25, 0.3) is 0 Å². The van der Waals surface area contributed by atoms with Gasteiger partial charge < -0.3 is 53.6 Å². The number of benzene rings is 1. The minimum atomic E-state index is -1.47. The van der Waals surface area contributed by atoms with Crippen LogP contribution in [0.2, 0.25) is 0 Å². The maximum Gasteiger partial charge on any atom is 0.186 e. The molecule has 4 aliphatic rings. The van der Waals surface area contributed by atoms with Gasteiger partial charge in [0.15, 0.2) is 6.29 Å². The van der Waals surface area contributed by atoms with Crippen molar-refractivity contribution in [2.45, 2.75) is 87.9 Å². The van der Waals surface area contributed by atoms with Crippen LogP contribution in [0.3, 0.4) is 0 Å². The van der Waals surface area contributed by atoms with Crippen molar-refractivity contribution in [2.75, 3.05) is 46.2 Å². The van der Waals surface area contributed by atoms with E-state index in [1.54, 1.807) is 0 Å². The lowest BCUT2D eigenvalue weighted by Gasteiger charge is -2.55. The predicted molar refractivity (Wildman–Crippen MR) is 137 cm³/mol. The van der Waals surface area contributed by atoms with Crippen molar-refractivity contribution in [3.05, 3.63) is 17.7 Å². The monoisotopic (exact) mass is 554 g/mol. The first-order chi connectivity index (χ1) is 18.6. The molecule has 1 saturated carbocycles. The fourth-order valence-corrected chi connectivity index (χ4v) is 6.39. The summed E-state index contributed by atoms with van der Waals surface area (Å²) in [6.07, 6.45) is -3.32. The SMILES string of the molecule is CC12CCC3C(C1)c1c(cc(OCCOCCOCCO[C@@H]4O[C@H](CO)[C@@H](O)[C@H](O)[C@@H]4O)cc1OC3(C)C)O2. The van der Waals surface area contributed by atoms with E-state index in [1.165, 1.54) is 5.56 Å². The van der Waals surface area contributed by atoms with Gasteiger partial charge in [0.2, 0.25) is 0 Å². The third kappa shape index (κ3) is 6.01. The van der Waals surface area contributed by atoms with Gasteiger partial charge in [-0.1, -0.05) is 0 Å². The Hall–Kier alpha value is -1.70. The lowest BCUT2D eigenvalue weighted by Crippen LogP contribution is -2.59. The highest BCUT2D eigenvalue weighted by Crippen LogP contribution is 2.60. The summed E-state index contributed by atoms with van der Waals surface area (Å²) in [5.74, 6) is 3.38. The Labute approximate surface area is 228 Å². The van der Waals surface area contributed by atoms with Crippen molar-refractivity contribution in [3.8, 4) is 17.2 Å². The van der Waals surface area contributed by atoms with E-state index in [9.17, 15) is 20.4 Å². The summed E-state index contributed by atoms with van der Waals surface area (Å²) in [4.78, 5) is 0. The highest BCUT2D eigenvalue weighted by Gasteiger charge is 2.54. The number of ether oxygens (including phenoxy) is 7. The largest absolute Gasteiger partial charge is 0.491 e. The average Bonchev–Trinajstić information content (AvgIpc) is 2.88. The summed E-state index contributed by atoms with van der Waals surface area (Å²) in [6.45, 7) is 7.82. The Morgan fingerprint density at radius 3 is 2.26 bits per heavy atom. The molecule has 11 nitrogen and oxygen atoms in total. The number of fused-ring (bicyclic) bond motifs is 1. The molecule has 1 aromatic rings. The molecule has 2 fully saturated rings. The molecule has 0 aromatic heterocycles. The molecular weight excluding hydrogens is 512 g/mol. The Morgan fingerprint density at radius 2 is 1.54 bits per heavy atom. The van der Waals surface area contributed by atoms with Gasteiger partial charge in [0.05, 0.1) is 39.6 Å². The molecule has 8 atom stereocenters. The van der Waals surface area contributed by atoms with E-state index >= 15 is 0 Å². The lowest BCUT2D eigenvalue weighted by atomic mass is 9.61. The molecule has 1 aromatic carbocycles. The predicted octanol–water partition coefficient (Wildman–Crippen LogP) is 1.12. The molecule has 4 N–H and O–H groups in total. The van der Waals surface area contributed by atoms with Gasteiger partial charge in [-0.15, -0.1) is 0 Å². The molecule has 0 radical (unpaired) electrons. The first-order valence-electron chi connectivity index (χ1n) is 13.9. The molecule has 3 aliphatic heterocycles. The van der Waals surface area contributed by atoms with Crippen LogP contribution >= 0.6 is 0 Å².